The van der Waals surface area contributed by atoms with Gasteiger partial charge in [0, 0.05) is 12.6 Å². The third-order valence-electron chi connectivity index (χ3n) is 2.81. The lowest BCUT2D eigenvalue weighted by molar-refractivity contribution is 0.400. The second-order valence-electron chi connectivity index (χ2n) is 4.19. The number of hydrogen-bond donors (Lipinski definition) is 1. The fourth-order valence-corrected chi connectivity index (χ4v) is 2.07. The van der Waals surface area contributed by atoms with Gasteiger partial charge in [0.1, 0.15) is 0 Å². The van der Waals surface area contributed by atoms with E-state index in [1.807, 2.05) is 6.92 Å². The summed E-state index contributed by atoms with van der Waals surface area (Å²) in [4.78, 5) is 0. The Balaban J connectivity index is 2.40. The number of aryl methyl sites for hydroxylation is 2. The van der Waals surface area contributed by atoms with Crippen molar-refractivity contribution in [1.82, 2.24) is 9.78 Å². The van der Waals surface area contributed by atoms with Gasteiger partial charge >= 0.3 is 0 Å². The molecule has 0 aliphatic carbocycles. The van der Waals surface area contributed by atoms with Crippen LogP contribution in [0, 0.1) is 12.7 Å². The lowest BCUT2D eigenvalue weighted by Gasteiger charge is -2.09. The first-order chi connectivity index (χ1) is 9.04. The van der Waals surface area contributed by atoms with Gasteiger partial charge in [-0.25, -0.2) is 9.07 Å². The summed E-state index contributed by atoms with van der Waals surface area (Å²) in [5.74, 6) is -0.0143. The van der Waals surface area contributed by atoms with Crippen LogP contribution in [-0.4, -0.2) is 16.3 Å². The summed E-state index contributed by atoms with van der Waals surface area (Å²) in [5.41, 5.74) is 7.27. The number of benzene rings is 1. The van der Waals surface area contributed by atoms with Crippen molar-refractivity contribution in [2.45, 2.75) is 13.3 Å². The maximum Gasteiger partial charge on any atom is 0.221 e. The molecule has 0 radical (unpaired) electrons. The maximum absolute atomic E-state index is 13.8. The molecule has 6 heteroatoms. The van der Waals surface area contributed by atoms with Crippen molar-refractivity contribution >= 4 is 11.6 Å². The molecule has 2 rings (SSSR count). The molecule has 1 aromatic heterocycles. The lowest BCUT2D eigenvalue weighted by atomic mass is 10.2. The lowest BCUT2D eigenvalue weighted by Crippen LogP contribution is -2.05. The van der Waals surface area contributed by atoms with Crippen LogP contribution in [0.4, 0.5) is 4.39 Å². The van der Waals surface area contributed by atoms with Crippen LogP contribution in [0.25, 0.3) is 0 Å². The molecule has 0 spiro atoms. The fraction of sp³-hybridized carbons (Fsp3) is 0.308. The van der Waals surface area contributed by atoms with Crippen LogP contribution in [0.5, 0.6) is 11.6 Å². The average molecular weight is 284 g/mol. The van der Waals surface area contributed by atoms with E-state index in [0.717, 1.165) is 11.3 Å². The number of nitrogens with two attached hydrogens (primary N) is 1. The molecule has 0 saturated heterocycles. The summed E-state index contributed by atoms with van der Waals surface area (Å²) < 4.78 is 21.0. The van der Waals surface area contributed by atoms with E-state index in [9.17, 15) is 4.39 Å². The van der Waals surface area contributed by atoms with Gasteiger partial charge in [-0.1, -0.05) is 17.7 Å². The second kappa shape index (κ2) is 5.59. The van der Waals surface area contributed by atoms with Crippen LogP contribution >= 0.6 is 11.6 Å². The monoisotopic (exact) mass is 283 g/mol. The van der Waals surface area contributed by atoms with Gasteiger partial charge in [0.25, 0.3) is 0 Å². The molecule has 0 bridgehead atoms. The van der Waals surface area contributed by atoms with Crippen LogP contribution in [0.15, 0.2) is 18.2 Å². The molecule has 0 atom stereocenters. The minimum absolute atomic E-state index is 0.0248. The van der Waals surface area contributed by atoms with E-state index in [4.69, 9.17) is 22.1 Å². The van der Waals surface area contributed by atoms with E-state index in [1.165, 1.54) is 12.1 Å². The highest BCUT2D eigenvalue weighted by atomic mass is 35.5. The first kappa shape index (κ1) is 13.8. The Morgan fingerprint density at radius 2 is 2.21 bits per heavy atom. The topological polar surface area (TPSA) is 53.1 Å². The number of aromatic nitrogens is 2. The third-order valence-corrected chi connectivity index (χ3v) is 3.10. The van der Waals surface area contributed by atoms with Crippen molar-refractivity contribution < 1.29 is 9.13 Å². The fourth-order valence-electron chi connectivity index (χ4n) is 1.91. The third kappa shape index (κ3) is 2.72. The van der Waals surface area contributed by atoms with Crippen LogP contribution in [0.3, 0.4) is 0 Å². The summed E-state index contributed by atoms with van der Waals surface area (Å²) in [7, 11) is 1.74. The Morgan fingerprint density at radius 1 is 1.47 bits per heavy atom. The minimum atomic E-state index is -0.582. The molecule has 102 valence electrons. The van der Waals surface area contributed by atoms with Crippen molar-refractivity contribution in [3.8, 4) is 11.6 Å². The number of nitrogens with zero attached hydrogens (tertiary/aromatic N) is 2. The molecule has 0 saturated carbocycles. The number of hydrogen-bond acceptors (Lipinski definition) is 3. The number of halogens is 2. The normalized spacial score (nSPS) is 10.8. The molecule has 0 amide bonds. The minimum Gasteiger partial charge on any atom is -0.436 e. The standard InChI is InChI=1S/C13H15ClFN3O/c1-8-9(6-7-16)13(18(2)17-8)19-11-5-3-4-10(14)12(11)15/h3-5H,6-7,16H2,1-2H3. The van der Waals surface area contributed by atoms with Crippen LogP contribution in [0.2, 0.25) is 5.02 Å². The molecule has 4 nitrogen and oxygen atoms in total. The maximum atomic E-state index is 13.8. The molecule has 2 N–H and O–H groups in total. The quantitative estimate of drug-likeness (QED) is 0.939. The van der Waals surface area contributed by atoms with Gasteiger partial charge < -0.3 is 10.5 Å². The van der Waals surface area contributed by atoms with E-state index < -0.39 is 5.82 Å². The molecule has 19 heavy (non-hydrogen) atoms. The zero-order chi connectivity index (χ0) is 14.0. The summed E-state index contributed by atoms with van der Waals surface area (Å²) >= 11 is 5.73. The molecule has 0 aliphatic heterocycles. The van der Waals surface area contributed by atoms with E-state index in [2.05, 4.69) is 5.10 Å². The highest BCUT2D eigenvalue weighted by Crippen LogP contribution is 2.31. The van der Waals surface area contributed by atoms with Gasteiger partial charge in [-0.05, 0) is 32.0 Å². The van der Waals surface area contributed by atoms with E-state index in [0.29, 0.717) is 18.8 Å². The first-order valence-corrected chi connectivity index (χ1v) is 6.26. The van der Waals surface area contributed by atoms with E-state index in [1.54, 1.807) is 17.8 Å². The Labute approximate surface area is 115 Å². The number of ether oxygens (including phenoxy) is 1. The smallest absolute Gasteiger partial charge is 0.221 e. The van der Waals surface area contributed by atoms with Crippen molar-refractivity contribution in [2.24, 2.45) is 12.8 Å². The Morgan fingerprint density at radius 3 is 2.89 bits per heavy atom. The summed E-state index contributed by atoms with van der Waals surface area (Å²) in [6.07, 6.45) is 0.622. The molecular formula is C13H15ClFN3O. The molecule has 1 heterocycles. The Kier molecular flexibility index (Phi) is 4.07. The second-order valence-corrected chi connectivity index (χ2v) is 4.59. The van der Waals surface area contributed by atoms with E-state index in [-0.39, 0.29) is 10.8 Å². The molecule has 2 aromatic rings. The molecular weight excluding hydrogens is 269 g/mol. The van der Waals surface area contributed by atoms with Gasteiger partial charge in [0.15, 0.2) is 11.6 Å². The molecule has 0 unspecified atom stereocenters. The Bertz CT molecular complexity index is 598. The number of rotatable bonds is 4. The summed E-state index contributed by atoms with van der Waals surface area (Å²) in [5, 5.41) is 4.28. The van der Waals surface area contributed by atoms with Gasteiger partial charge in [-0.2, -0.15) is 5.10 Å². The predicted octanol–water partition coefficient (Wildman–Crippen LogP) is 2.81. The van der Waals surface area contributed by atoms with Gasteiger partial charge in [-0.3, -0.25) is 0 Å². The van der Waals surface area contributed by atoms with Crippen molar-refractivity contribution in [3.05, 3.63) is 40.3 Å². The van der Waals surface area contributed by atoms with Crippen molar-refractivity contribution in [3.63, 3.8) is 0 Å². The predicted molar refractivity (Wildman–Crippen MR) is 72.2 cm³/mol. The van der Waals surface area contributed by atoms with Gasteiger partial charge in [-0.15, -0.1) is 0 Å². The molecule has 0 aliphatic rings. The van der Waals surface area contributed by atoms with Crippen LogP contribution < -0.4 is 10.5 Å². The largest absolute Gasteiger partial charge is 0.436 e. The van der Waals surface area contributed by atoms with Gasteiger partial charge in [0.05, 0.1) is 10.7 Å². The Hall–Kier alpha value is -1.59. The zero-order valence-electron chi connectivity index (χ0n) is 10.8. The zero-order valence-corrected chi connectivity index (χ0v) is 11.5. The highest BCUT2D eigenvalue weighted by Gasteiger charge is 2.17. The molecule has 0 fully saturated rings. The SMILES string of the molecule is Cc1nn(C)c(Oc2cccc(Cl)c2F)c1CCN. The van der Waals surface area contributed by atoms with Crippen LogP contribution in [0.1, 0.15) is 11.3 Å². The summed E-state index contributed by atoms with van der Waals surface area (Å²) in [6, 6.07) is 4.63. The van der Waals surface area contributed by atoms with E-state index >= 15 is 0 Å². The van der Waals surface area contributed by atoms with Gasteiger partial charge in [0.2, 0.25) is 5.88 Å². The van der Waals surface area contributed by atoms with Crippen LogP contribution in [-0.2, 0) is 13.5 Å². The van der Waals surface area contributed by atoms with Crippen molar-refractivity contribution in [1.29, 1.82) is 0 Å². The average Bonchev–Trinajstić information content (AvgIpc) is 2.62. The first-order valence-electron chi connectivity index (χ1n) is 5.89. The van der Waals surface area contributed by atoms with Crippen molar-refractivity contribution in [2.75, 3.05) is 6.54 Å². The summed E-state index contributed by atoms with van der Waals surface area (Å²) in [6.45, 7) is 2.34. The molecule has 1 aromatic carbocycles. The highest BCUT2D eigenvalue weighted by molar-refractivity contribution is 6.30.